The SMILES string of the molecule is COCCOc1ccc(C(Br)c2cc(Br)c(Br)s2)cc1Br. The molecule has 2 aromatic rings. The summed E-state index contributed by atoms with van der Waals surface area (Å²) in [6, 6.07) is 8.23. The minimum absolute atomic E-state index is 0.148. The van der Waals surface area contributed by atoms with E-state index in [4.69, 9.17) is 9.47 Å². The molecule has 1 aromatic heterocycles. The van der Waals surface area contributed by atoms with E-state index in [0.29, 0.717) is 13.2 Å². The number of thiophene rings is 1. The second-order valence-corrected chi connectivity index (χ2v) is 9.19. The molecule has 1 unspecified atom stereocenters. The van der Waals surface area contributed by atoms with Gasteiger partial charge in [-0.05, 0) is 71.6 Å². The Morgan fingerprint density at radius 3 is 2.43 bits per heavy atom. The molecule has 1 aromatic carbocycles. The highest BCUT2D eigenvalue weighted by molar-refractivity contribution is 9.13. The van der Waals surface area contributed by atoms with Crippen LogP contribution in [0.3, 0.4) is 0 Å². The van der Waals surface area contributed by atoms with Crippen molar-refractivity contribution >= 4 is 75.1 Å². The van der Waals surface area contributed by atoms with Crippen molar-refractivity contribution < 1.29 is 9.47 Å². The van der Waals surface area contributed by atoms with Gasteiger partial charge in [0.1, 0.15) is 12.4 Å². The Balaban J connectivity index is 2.15. The van der Waals surface area contributed by atoms with Gasteiger partial charge in [0.15, 0.2) is 0 Å². The van der Waals surface area contributed by atoms with E-state index >= 15 is 0 Å². The second kappa shape index (κ2) is 8.45. The average molecular weight is 564 g/mol. The first-order valence-electron chi connectivity index (χ1n) is 6.03. The van der Waals surface area contributed by atoms with Crippen molar-refractivity contribution in [2.24, 2.45) is 0 Å². The summed E-state index contributed by atoms with van der Waals surface area (Å²) >= 11 is 16.1. The van der Waals surface area contributed by atoms with Gasteiger partial charge in [-0.25, -0.2) is 0 Å². The number of halogens is 4. The van der Waals surface area contributed by atoms with Crippen molar-refractivity contribution in [3.63, 3.8) is 0 Å². The van der Waals surface area contributed by atoms with Gasteiger partial charge in [-0.1, -0.05) is 22.0 Å². The summed E-state index contributed by atoms with van der Waals surface area (Å²) in [4.78, 5) is 1.38. The van der Waals surface area contributed by atoms with Crippen LogP contribution in [0.1, 0.15) is 15.3 Å². The van der Waals surface area contributed by atoms with Gasteiger partial charge in [0.25, 0.3) is 0 Å². The van der Waals surface area contributed by atoms with E-state index in [-0.39, 0.29) is 4.83 Å². The molecular weight excluding hydrogens is 552 g/mol. The fourth-order valence-corrected chi connectivity index (χ4v) is 4.98. The van der Waals surface area contributed by atoms with Gasteiger partial charge in [-0.15, -0.1) is 11.3 Å². The molecule has 0 radical (unpaired) electrons. The first-order chi connectivity index (χ1) is 10.0. The minimum atomic E-state index is 0.148. The van der Waals surface area contributed by atoms with Gasteiger partial charge in [0.2, 0.25) is 0 Å². The zero-order valence-corrected chi connectivity index (χ0v) is 18.2. The maximum atomic E-state index is 5.64. The average Bonchev–Trinajstić information content (AvgIpc) is 2.80. The van der Waals surface area contributed by atoms with E-state index in [9.17, 15) is 0 Å². The molecule has 7 heteroatoms. The van der Waals surface area contributed by atoms with Gasteiger partial charge in [-0.3, -0.25) is 0 Å². The molecule has 0 fully saturated rings. The number of hydrogen-bond acceptors (Lipinski definition) is 3. The predicted molar refractivity (Wildman–Crippen MR) is 102 cm³/mol. The minimum Gasteiger partial charge on any atom is -0.490 e. The van der Waals surface area contributed by atoms with Gasteiger partial charge < -0.3 is 9.47 Å². The summed E-state index contributed by atoms with van der Waals surface area (Å²) in [7, 11) is 1.66. The number of rotatable bonds is 6. The molecule has 0 aliphatic rings. The smallest absolute Gasteiger partial charge is 0.133 e. The van der Waals surface area contributed by atoms with Crippen LogP contribution >= 0.6 is 75.1 Å². The first-order valence-corrected chi connectivity index (χ1v) is 10.1. The molecule has 2 nitrogen and oxygen atoms in total. The van der Waals surface area contributed by atoms with E-state index in [2.05, 4.69) is 81.9 Å². The second-order valence-electron chi connectivity index (χ2n) is 4.16. The standard InChI is InChI=1S/C14H12Br4O2S/c1-19-4-5-20-11-3-2-8(6-9(11)15)13(17)12-7-10(16)14(18)21-12/h2-3,6-7,13H,4-5H2,1H3. The molecule has 0 amide bonds. The number of hydrogen-bond donors (Lipinski definition) is 0. The lowest BCUT2D eigenvalue weighted by atomic mass is 10.1. The zero-order chi connectivity index (χ0) is 15.4. The molecule has 21 heavy (non-hydrogen) atoms. The topological polar surface area (TPSA) is 18.5 Å². The third-order valence-corrected chi connectivity index (χ3v) is 7.97. The maximum Gasteiger partial charge on any atom is 0.133 e. The molecule has 1 heterocycles. The maximum absolute atomic E-state index is 5.64. The van der Waals surface area contributed by atoms with Crippen LogP contribution in [0.5, 0.6) is 5.75 Å². The molecule has 2 rings (SSSR count). The summed E-state index contributed by atoms with van der Waals surface area (Å²) < 4.78 is 13.7. The van der Waals surface area contributed by atoms with Crippen LogP contribution in [0.2, 0.25) is 0 Å². The first kappa shape index (κ1) is 17.9. The van der Waals surface area contributed by atoms with Gasteiger partial charge in [0, 0.05) is 16.5 Å². The monoisotopic (exact) mass is 560 g/mol. The lowest BCUT2D eigenvalue weighted by Gasteiger charge is -2.12. The Bertz CT molecular complexity index is 596. The summed E-state index contributed by atoms with van der Waals surface area (Å²) in [6.07, 6.45) is 0. The third-order valence-electron chi connectivity index (χ3n) is 2.71. The van der Waals surface area contributed by atoms with Crippen molar-refractivity contribution in [2.45, 2.75) is 4.83 Å². The summed E-state index contributed by atoms with van der Waals surface area (Å²) in [5, 5.41) is 0. The molecule has 0 saturated heterocycles. The number of benzene rings is 1. The Kier molecular flexibility index (Phi) is 7.22. The summed E-state index contributed by atoms with van der Waals surface area (Å²) in [5.41, 5.74) is 1.17. The summed E-state index contributed by atoms with van der Waals surface area (Å²) in [5.74, 6) is 0.823. The highest BCUT2D eigenvalue weighted by atomic mass is 79.9. The van der Waals surface area contributed by atoms with E-state index in [1.807, 2.05) is 6.07 Å². The van der Waals surface area contributed by atoms with E-state index in [1.54, 1.807) is 18.4 Å². The predicted octanol–water partition coefficient (Wildman–Crippen LogP) is 6.55. The zero-order valence-electron chi connectivity index (χ0n) is 11.0. The van der Waals surface area contributed by atoms with Gasteiger partial charge in [0.05, 0.1) is 19.7 Å². The number of methoxy groups -OCH3 is 1. The van der Waals surface area contributed by atoms with E-state index < -0.39 is 0 Å². The van der Waals surface area contributed by atoms with Crippen molar-refractivity contribution in [1.82, 2.24) is 0 Å². The summed E-state index contributed by atoms with van der Waals surface area (Å²) in [6.45, 7) is 1.11. The van der Waals surface area contributed by atoms with Crippen LogP contribution in [0.4, 0.5) is 0 Å². The van der Waals surface area contributed by atoms with Crippen LogP contribution < -0.4 is 4.74 Å². The molecule has 0 aliphatic heterocycles. The van der Waals surface area contributed by atoms with Crippen LogP contribution in [0.15, 0.2) is 37.0 Å². The van der Waals surface area contributed by atoms with Crippen LogP contribution in [0, 0.1) is 0 Å². The molecular formula is C14H12Br4O2S. The Hall–Kier alpha value is 0.600. The Morgan fingerprint density at radius 2 is 1.86 bits per heavy atom. The van der Waals surface area contributed by atoms with Crippen LogP contribution in [-0.4, -0.2) is 20.3 Å². The Morgan fingerprint density at radius 1 is 1.10 bits per heavy atom. The van der Waals surface area contributed by atoms with Gasteiger partial charge >= 0.3 is 0 Å². The molecule has 0 spiro atoms. The molecule has 0 bridgehead atoms. The lowest BCUT2D eigenvalue weighted by molar-refractivity contribution is 0.146. The number of ether oxygens (including phenoxy) is 2. The third kappa shape index (κ3) is 4.78. The molecule has 0 saturated carbocycles. The van der Waals surface area contributed by atoms with E-state index in [1.165, 1.54) is 10.4 Å². The van der Waals surface area contributed by atoms with Crippen molar-refractivity contribution in [3.8, 4) is 5.75 Å². The fourth-order valence-electron chi connectivity index (χ4n) is 1.68. The molecule has 0 aliphatic carbocycles. The van der Waals surface area contributed by atoms with E-state index in [0.717, 1.165) is 18.5 Å². The Labute approximate surface area is 161 Å². The highest BCUT2D eigenvalue weighted by Crippen LogP contribution is 2.42. The van der Waals surface area contributed by atoms with Crippen molar-refractivity contribution in [2.75, 3.05) is 20.3 Å². The molecule has 0 N–H and O–H groups in total. The normalized spacial score (nSPS) is 12.4. The highest BCUT2D eigenvalue weighted by Gasteiger charge is 2.16. The quantitative estimate of drug-likeness (QED) is 0.293. The number of alkyl halides is 1. The van der Waals surface area contributed by atoms with Gasteiger partial charge in [-0.2, -0.15) is 0 Å². The largest absolute Gasteiger partial charge is 0.490 e. The molecule has 1 atom stereocenters. The lowest BCUT2D eigenvalue weighted by Crippen LogP contribution is -2.04. The fraction of sp³-hybridized carbons (Fsp3) is 0.286. The molecule has 114 valence electrons. The van der Waals surface area contributed by atoms with Crippen LogP contribution in [-0.2, 0) is 4.74 Å². The van der Waals surface area contributed by atoms with Crippen molar-refractivity contribution in [1.29, 1.82) is 0 Å². The van der Waals surface area contributed by atoms with Crippen molar-refractivity contribution in [3.05, 3.63) is 47.4 Å². The van der Waals surface area contributed by atoms with Crippen LogP contribution in [0.25, 0.3) is 0 Å².